The van der Waals surface area contributed by atoms with Crippen molar-refractivity contribution >= 4 is 61.4 Å². The summed E-state index contributed by atoms with van der Waals surface area (Å²) in [6.07, 6.45) is -6.93. The Morgan fingerprint density at radius 1 is 0.977 bits per heavy atom. The Hall–Kier alpha value is -3.01. The van der Waals surface area contributed by atoms with Crippen LogP contribution in [0.15, 0.2) is 23.8 Å². The number of hydrogen-bond acceptors (Lipinski definition) is 18. The molecule has 7 rings (SSSR count). The number of ether oxygens (including phenoxy) is 2. The number of imidazole rings is 2. The summed E-state index contributed by atoms with van der Waals surface area (Å²) >= 11 is 4.07. The van der Waals surface area contributed by atoms with Gasteiger partial charge in [0.1, 0.15) is 48.5 Å². The van der Waals surface area contributed by atoms with Gasteiger partial charge in [-0.15, -0.1) is 0 Å². The molecule has 7 heterocycles. The summed E-state index contributed by atoms with van der Waals surface area (Å²) in [5, 5.41) is 22.2. The van der Waals surface area contributed by atoms with Gasteiger partial charge in [0, 0.05) is 0 Å². The summed E-state index contributed by atoms with van der Waals surface area (Å²) in [5.41, 5.74) is 11.3. The number of rotatable bonds is 2. The van der Waals surface area contributed by atoms with Crippen LogP contribution in [0.4, 0.5) is 11.8 Å². The Balaban J connectivity index is 1.18. The highest BCUT2D eigenvalue weighted by molar-refractivity contribution is 8.44. The molecule has 0 aromatic carbocycles. The molecule has 3 aliphatic rings. The van der Waals surface area contributed by atoms with E-state index in [-0.39, 0.29) is 34.1 Å². The lowest BCUT2D eigenvalue weighted by Gasteiger charge is -2.25. The van der Waals surface area contributed by atoms with E-state index in [2.05, 4.69) is 42.2 Å². The zero-order chi connectivity index (χ0) is 30.9. The lowest BCUT2D eigenvalue weighted by atomic mass is 10.1. The topological polar surface area (TPSA) is 289 Å². The van der Waals surface area contributed by atoms with Crippen LogP contribution >= 0.6 is 27.3 Å². The summed E-state index contributed by atoms with van der Waals surface area (Å²) in [7, 11) is -3.38. The number of aromatic amines is 1. The molecule has 3 aliphatic heterocycles. The van der Waals surface area contributed by atoms with Crippen molar-refractivity contribution < 1.29 is 46.9 Å². The maximum absolute atomic E-state index is 13.5. The number of fused-ring (bicyclic) bond motifs is 5. The maximum atomic E-state index is 13.5. The number of H-pyrrole nitrogens is 1. The SMILES string of the molecule is Nc1nc2c(ncn2[C@@H]2O[C@@H]3CO[PH](=O)O[C@H]4[C@@H](O)[C@H](n5cnc6c(N)ncnc65)O[C@@H]4COP(=O)(S)O[C@@H]2[C@@H]3O)c(=O)[nH]1. The third kappa shape index (κ3) is 5.11. The second-order valence-electron chi connectivity index (χ2n) is 9.95. The van der Waals surface area contributed by atoms with Crippen molar-refractivity contribution in [3.63, 3.8) is 0 Å². The Bertz CT molecular complexity index is 1870. The van der Waals surface area contributed by atoms with E-state index in [1.165, 1.54) is 28.1 Å². The Morgan fingerprint density at radius 3 is 2.50 bits per heavy atom. The smallest absolute Gasteiger partial charge is 0.386 e. The molecule has 21 nitrogen and oxygen atoms in total. The average Bonchev–Trinajstić information content (AvgIpc) is 3.72. The molecule has 0 aliphatic carbocycles. The van der Waals surface area contributed by atoms with Crippen molar-refractivity contribution in [2.24, 2.45) is 0 Å². The number of nitrogens with two attached hydrogens (primary N) is 2. The molecule has 0 amide bonds. The molecule has 7 N–H and O–H groups in total. The quantitative estimate of drug-likeness (QED) is 0.108. The first-order valence-corrected chi connectivity index (χ1v) is 16.7. The van der Waals surface area contributed by atoms with Gasteiger partial charge in [-0.1, -0.05) is 12.2 Å². The van der Waals surface area contributed by atoms with Crippen molar-refractivity contribution in [3.05, 3.63) is 29.3 Å². The molecular weight excluding hydrogens is 650 g/mol. The zero-order valence-corrected chi connectivity index (χ0v) is 24.8. The average molecular weight is 674 g/mol. The largest absolute Gasteiger partial charge is 0.387 e. The predicted molar refractivity (Wildman–Crippen MR) is 149 cm³/mol. The number of aliphatic hydroxyl groups excluding tert-OH is 2. The second-order valence-corrected chi connectivity index (χ2v) is 13.8. The fourth-order valence-corrected chi connectivity index (χ4v) is 7.60. The number of nitrogen functional groups attached to an aromatic ring is 2. The highest BCUT2D eigenvalue weighted by Crippen LogP contribution is 2.57. The monoisotopic (exact) mass is 674 g/mol. The van der Waals surface area contributed by atoms with Gasteiger partial charge < -0.3 is 40.2 Å². The van der Waals surface area contributed by atoms with E-state index in [0.29, 0.717) is 0 Å². The summed E-state index contributed by atoms with van der Waals surface area (Å²) in [4.78, 5) is 34.9. The van der Waals surface area contributed by atoms with Gasteiger partial charge in [0.2, 0.25) is 5.95 Å². The molecule has 3 saturated heterocycles. The number of nitrogens with one attached hydrogen (secondary N) is 1. The maximum Gasteiger partial charge on any atom is 0.386 e. The number of aliphatic hydroxyl groups is 2. The molecule has 44 heavy (non-hydrogen) atoms. The standard InChI is InChI=1S/C20H24N10O11P2S/c21-14-8-15(24-3-23-14)29(4-25-8)18-11(32)12-7(39-18)2-37-43(35,44)41-13-10(31)6(1-36-42(34)40-12)38-19(13)30-5-26-9-16(30)27-20(22)28-17(9)33/h3-7,10-13,18-19,31-32,42H,1-2H2,(H,35,44)(H2,21,23,24)(H3,22,27,28,33)/t6-,7-,10-,11-,12-,13-,18-,19-,43?/m1/s1. The summed E-state index contributed by atoms with van der Waals surface area (Å²) in [6.45, 7) is -5.38. The number of thiol groups is 1. The van der Waals surface area contributed by atoms with Crippen molar-refractivity contribution in [2.75, 3.05) is 24.7 Å². The van der Waals surface area contributed by atoms with Crippen LogP contribution in [0.3, 0.4) is 0 Å². The Labute approximate surface area is 250 Å². The lowest BCUT2D eigenvalue weighted by Crippen LogP contribution is -2.35. The molecule has 4 aromatic heterocycles. The van der Waals surface area contributed by atoms with E-state index in [9.17, 15) is 24.1 Å². The number of hydrogen-bond donors (Lipinski definition) is 6. The number of anilines is 2. The first kappa shape index (κ1) is 29.7. The minimum Gasteiger partial charge on any atom is -0.387 e. The van der Waals surface area contributed by atoms with E-state index >= 15 is 0 Å². The second kappa shape index (κ2) is 11.1. The molecule has 10 atom stereocenters. The first-order chi connectivity index (χ1) is 21.0. The van der Waals surface area contributed by atoms with Crippen LogP contribution in [-0.2, 0) is 36.7 Å². The van der Waals surface area contributed by atoms with Gasteiger partial charge in [0.25, 0.3) is 5.56 Å². The minimum atomic E-state index is -4.34. The molecule has 2 unspecified atom stereocenters. The highest BCUT2D eigenvalue weighted by atomic mass is 32.7. The van der Waals surface area contributed by atoms with Crippen LogP contribution in [0.2, 0.25) is 0 Å². The molecule has 3 fully saturated rings. The number of aromatic nitrogens is 8. The molecule has 24 heteroatoms. The van der Waals surface area contributed by atoms with Gasteiger partial charge in [-0.25, -0.2) is 24.5 Å². The Kier molecular flexibility index (Phi) is 7.49. The van der Waals surface area contributed by atoms with E-state index < -0.39 is 82.9 Å². The van der Waals surface area contributed by atoms with Crippen molar-refractivity contribution in [2.45, 2.75) is 49.1 Å². The normalized spacial score (nSPS) is 36.6. The minimum absolute atomic E-state index is 0.0205. The fraction of sp³-hybridized carbons (Fsp3) is 0.500. The summed E-state index contributed by atoms with van der Waals surface area (Å²) < 4.78 is 63.1. The van der Waals surface area contributed by atoms with Crippen molar-refractivity contribution in [1.82, 2.24) is 39.0 Å². The van der Waals surface area contributed by atoms with E-state index in [1.807, 2.05) is 0 Å². The third-order valence-corrected chi connectivity index (χ3v) is 9.74. The highest BCUT2D eigenvalue weighted by Gasteiger charge is 2.52. The number of nitrogens with zero attached hydrogens (tertiary/aromatic N) is 7. The third-order valence-electron chi connectivity index (χ3n) is 7.26. The van der Waals surface area contributed by atoms with Gasteiger partial charge >= 0.3 is 15.1 Å². The summed E-state index contributed by atoms with van der Waals surface area (Å²) in [5.74, 6) is -0.116. The first-order valence-electron chi connectivity index (χ1n) is 12.8. The molecule has 2 bridgehead atoms. The van der Waals surface area contributed by atoms with Gasteiger partial charge in [0.15, 0.2) is 35.1 Å². The van der Waals surface area contributed by atoms with Crippen LogP contribution < -0.4 is 17.0 Å². The van der Waals surface area contributed by atoms with E-state index in [4.69, 9.17) is 39.0 Å². The van der Waals surface area contributed by atoms with E-state index in [0.717, 1.165) is 0 Å². The van der Waals surface area contributed by atoms with Gasteiger partial charge in [0.05, 0.1) is 25.9 Å². The van der Waals surface area contributed by atoms with Crippen LogP contribution in [0.5, 0.6) is 0 Å². The molecule has 0 saturated carbocycles. The van der Waals surface area contributed by atoms with Crippen LogP contribution in [-0.4, -0.2) is 99.1 Å². The van der Waals surface area contributed by atoms with E-state index in [1.54, 1.807) is 0 Å². The van der Waals surface area contributed by atoms with Crippen LogP contribution in [0.25, 0.3) is 22.3 Å². The Morgan fingerprint density at radius 2 is 1.70 bits per heavy atom. The van der Waals surface area contributed by atoms with Crippen molar-refractivity contribution in [3.8, 4) is 0 Å². The van der Waals surface area contributed by atoms with Crippen LogP contribution in [0, 0.1) is 0 Å². The van der Waals surface area contributed by atoms with Crippen molar-refractivity contribution in [1.29, 1.82) is 0 Å². The molecule has 0 radical (unpaired) electrons. The fourth-order valence-electron chi connectivity index (χ4n) is 5.26. The van der Waals surface area contributed by atoms with Gasteiger partial charge in [-0.3, -0.25) is 32.5 Å². The molecule has 0 spiro atoms. The lowest BCUT2D eigenvalue weighted by molar-refractivity contribution is -0.0572. The van der Waals surface area contributed by atoms with Gasteiger partial charge in [-0.05, 0) is 0 Å². The molecule has 236 valence electrons. The zero-order valence-electron chi connectivity index (χ0n) is 22.0. The molecular formula is C20H24N10O11P2S. The summed E-state index contributed by atoms with van der Waals surface area (Å²) in [6, 6.07) is 0. The van der Waals surface area contributed by atoms with Crippen LogP contribution in [0.1, 0.15) is 12.5 Å². The van der Waals surface area contributed by atoms with Gasteiger partial charge in [-0.2, -0.15) is 4.98 Å². The molecule has 4 aromatic rings. The predicted octanol–water partition coefficient (Wildman–Crippen LogP) is -1.11.